The molecule has 1 aliphatic rings. The minimum atomic E-state index is -0.0802. The lowest BCUT2D eigenvalue weighted by Gasteiger charge is -2.38. The van der Waals surface area contributed by atoms with Crippen molar-refractivity contribution in [2.75, 3.05) is 13.1 Å². The minimum Gasteiger partial charge on any atom is -0.346 e. The third-order valence-corrected chi connectivity index (χ3v) is 5.82. The Bertz CT molecular complexity index is 998. The van der Waals surface area contributed by atoms with E-state index in [4.69, 9.17) is 5.26 Å². The molecule has 0 aromatic carbocycles. The average Bonchev–Trinajstić information content (AvgIpc) is 3.20. The zero-order chi connectivity index (χ0) is 17.6. The molecule has 25 heavy (non-hydrogen) atoms. The van der Waals surface area contributed by atoms with Crippen molar-refractivity contribution in [3.05, 3.63) is 29.1 Å². The molecule has 1 amide bonds. The number of aromatic amines is 1. The summed E-state index contributed by atoms with van der Waals surface area (Å²) in [5.41, 5.74) is 1.99. The standard InChI is InChI=1S/C18H18BrN5O/c1-11-4-7-23(16(25)2-5-20)10-15(11)24-9-14(19)13-8-22-18-12(17(13)24)3-6-21-18/h3,6,8-9,11,15H,2,4,7,10H2,1H3,(H,21,22)/t11-,15+/m1/s1. The molecule has 1 N–H and O–H groups in total. The van der Waals surface area contributed by atoms with Gasteiger partial charge in [0.1, 0.15) is 12.1 Å². The molecule has 3 aromatic heterocycles. The Kier molecular flexibility index (Phi) is 4.00. The Morgan fingerprint density at radius 1 is 1.52 bits per heavy atom. The van der Waals surface area contributed by atoms with Crippen molar-refractivity contribution >= 4 is 43.8 Å². The van der Waals surface area contributed by atoms with Gasteiger partial charge in [-0.25, -0.2) is 4.98 Å². The van der Waals surface area contributed by atoms with E-state index in [1.165, 1.54) is 0 Å². The smallest absolute Gasteiger partial charge is 0.236 e. The van der Waals surface area contributed by atoms with Gasteiger partial charge in [-0.3, -0.25) is 4.79 Å². The molecular formula is C18H18BrN5O. The predicted molar refractivity (Wildman–Crippen MR) is 98.9 cm³/mol. The molecule has 128 valence electrons. The van der Waals surface area contributed by atoms with E-state index in [-0.39, 0.29) is 18.4 Å². The molecule has 1 saturated heterocycles. The number of fused-ring (bicyclic) bond motifs is 3. The molecule has 1 fully saturated rings. The maximum atomic E-state index is 12.2. The second-order valence-corrected chi connectivity index (χ2v) is 7.51. The molecule has 3 aromatic rings. The monoisotopic (exact) mass is 399 g/mol. The lowest BCUT2D eigenvalue weighted by molar-refractivity contribution is -0.132. The molecule has 0 spiro atoms. The van der Waals surface area contributed by atoms with Crippen LogP contribution in [-0.4, -0.2) is 38.4 Å². The van der Waals surface area contributed by atoms with Gasteiger partial charge in [-0.05, 0) is 34.3 Å². The van der Waals surface area contributed by atoms with E-state index in [0.717, 1.165) is 39.4 Å². The highest BCUT2D eigenvalue weighted by molar-refractivity contribution is 9.10. The number of piperidine rings is 1. The molecule has 4 heterocycles. The summed E-state index contributed by atoms with van der Waals surface area (Å²) in [5, 5.41) is 11.0. The minimum absolute atomic E-state index is 0.0524. The summed E-state index contributed by atoms with van der Waals surface area (Å²) in [5.74, 6) is 0.360. The van der Waals surface area contributed by atoms with Crippen LogP contribution < -0.4 is 0 Å². The highest BCUT2D eigenvalue weighted by atomic mass is 79.9. The molecule has 0 saturated carbocycles. The first-order valence-corrected chi connectivity index (χ1v) is 9.16. The molecule has 0 bridgehead atoms. The number of nitrogens with one attached hydrogen (secondary N) is 1. The number of pyridine rings is 1. The van der Waals surface area contributed by atoms with Crippen LogP contribution in [0.1, 0.15) is 25.8 Å². The van der Waals surface area contributed by atoms with Crippen molar-refractivity contribution in [2.45, 2.75) is 25.8 Å². The molecule has 4 rings (SSSR count). The van der Waals surface area contributed by atoms with Gasteiger partial charge < -0.3 is 14.5 Å². The van der Waals surface area contributed by atoms with Crippen LogP contribution in [0.15, 0.2) is 29.1 Å². The number of nitriles is 1. The van der Waals surface area contributed by atoms with Gasteiger partial charge in [-0.15, -0.1) is 0 Å². The molecule has 6 nitrogen and oxygen atoms in total. The summed E-state index contributed by atoms with van der Waals surface area (Å²) in [6, 6.07) is 4.18. The first-order valence-electron chi connectivity index (χ1n) is 8.37. The van der Waals surface area contributed by atoms with Gasteiger partial charge in [-0.1, -0.05) is 6.92 Å². The molecular weight excluding hydrogens is 382 g/mol. The number of hydrogen-bond acceptors (Lipinski definition) is 3. The van der Waals surface area contributed by atoms with Crippen molar-refractivity contribution in [2.24, 2.45) is 5.92 Å². The highest BCUT2D eigenvalue weighted by Crippen LogP contribution is 2.37. The zero-order valence-corrected chi connectivity index (χ0v) is 15.5. The van der Waals surface area contributed by atoms with Crippen molar-refractivity contribution < 1.29 is 4.79 Å². The molecule has 7 heteroatoms. The summed E-state index contributed by atoms with van der Waals surface area (Å²) >= 11 is 3.65. The quantitative estimate of drug-likeness (QED) is 0.714. The summed E-state index contributed by atoms with van der Waals surface area (Å²) in [7, 11) is 0. The Hall–Kier alpha value is -2.33. The number of amides is 1. The van der Waals surface area contributed by atoms with Crippen LogP contribution in [0, 0.1) is 17.2 Å². The van der Waals surface area contributed by atoms with Crippen molar-refractivity contribution in [1.82, 2.24) is 19.4 Å². The zero-order valence-electron chi connectivity index (χ0n) is 13.9. The van der Waals surface area contributed by atoms with E-state index in [2.05, 4.69) is 43.6 Å². The fourth-order valence-electron chi connectivity index (χ4n) is 3.78. The van der Waals surface area contributed by atoms with Gasteiger partial charge >= 0.3 is 0 Å². The average molecular weight is 400 g/mol. The van der Waals surface area contributed by atoms with Crippen LogP contribution in [-0.2, 0) is 4.79 Å². The number of carbonyl (C=O) groups is 1. The van der Waals surface area contributed by atoms with Crippen molar-refractivity contribution in [1.29, 1.82) is 5.26 Å². The summed E-state index contributed by atoms with van der Waals surface area (Å²) < 4.78 is 3.28. The second-order valence-electron chi connectivity index (χ2n) is 6.65. The van der Waals surface area contributed by atoms with E-state index >= 15 is 0 Å². The number of carbonyl (C=O) groups excluding carboxylic acids is 1. The number of nitrogens with zero attached hydrogens (tertiary/aromatic N) is 4. The summed E-state index contributed by atoms with van der Waals surface area (Å²) in [6.07, 6.45) is 6.75. The van der Waals surface area contributed by atoms with E-state index in [9.17, 15) is 4.79 Å². The Balaban J connectivity index is 1.81. The third kappa shape index (κ3) is 2.61. The van der Waals surface area contributed by atoms with E-state index < -0.39 is 0 Å². The largest absolute Gasteiger partial charge is 0.346 e. The fraction of sp³-hybridized carbons (Fsp3) is 0.389. The number of rotatable bonds is 2. The van der Waals surface area contributed by atoms with E-state index in [0.29, 0.717) is 12.5 Å². The van der Waals surface area contributed by atoms with E-state index in [1.807, 2.05) is 29.4 Å². The molecule has 0 unspecified atom stereocenters. The van der Waals surface area contributed by atoms with Crippen LogP contribution in [0.3, 0.4) is 0 Å². The Morgan fingerprint density at radius 3 is 3.16 bits per heavy atom. The SMILES string of the molecule is C[C@@H]1CCN(C(=O)CC#N)C[C@@H]1n1cc(Br)c2cnc3[nH]ccc3c21. The number of halogens is 1. The van der Waals surface area contributed by atoms with Crippen LogP contribution in [0.25, 0.3) is 21.9 Å². The fourth-order valence-corrected chi connectivity index (χ4v) is 4.29. The number of aromatic nitrogens is 3. The molecule has 1 aliphatic heterocycles. The van der Waals surface area contributed by atoms with Crippen molar-refractivity contribution in [3.63, 3.8) is 0 Å². The first-order chi connectivity index (χ1) is 12.1. The Labute approximate surface area is 153 Å². The summed E-state index contributed by atoms with van der Waals surface area (Å²) in [4.78, 5) is 21.7. The molecule has 0 aliphatic carbocycles. The van der Waals surface area contributed by atoms with Crippen LogP contribution in [0.4, 0.5) is 0 Å². The van der Waals surface area contributed by atoms with Gasteiger partial charge in [-0.2, -0.15) is 5.26 Å². The van der Waals surface area contributed by atoms with Gasteiger partial charge in [0.25, 0.3) is 0 Å². The molecule has 0 radical (unpaired) electrons. The molecule has 2 atom stereocenters. The lowest BCUT2D eigenvalue weighted by atomic mass is 9.93. The summed E-state index contributed by atoms with van der Waals surface area (Å²) in [6.45, 7) is 3.58. The van der Waals surface area contributed by atoms with Gasteiger partial charge in [0, 0.05) is 46.9 Å². The van der Waals surface area contributed by atoms with Crippen LogP contribution in [0.5, 0.6) is 0 Å². The van der Waals surface area contributed by atoms with Crippen LogP contribution in [0.2, 0.25) is 0 Å². The van der Waals surface area contributed by atoms with Crippen LogP contribution >= 0.6 is 15.9 Å². The van der Waals surface area contributed by atoms with Gasteiger partial charge in [0.15, 0.2) is 0 Å². The maximum absolute atomic E-state index is 12.2. The number of likely N-dealkylation sites (tertiary alicyclic amines) is 1. The topological polar surface area (TPSA) is 77.7 Å². The predicted octanol–water partition coefficient (Wildman–Crippen LogP) is 3.60. The third-order valence-electron chi connectivity index (χ3n) is 5.19. The Morgan fingerprint density at radius 2 is 2.36 bits per heavy atom. The maximum Gasteiger partial charge on any atom is 0.236 e. The highest BCUT2D eigenvalue weighted by Gasteiger charge is 2.31. The number of hydrogen-bond donors (Lipinski definition) is 1. The number of H-pyrrole nitrogens is 1. The van der Waals surface area contributed by atoms with Gasteiger partial charge in [0.05, 0.1) is 17.6 Å². The second kappa shape index (κ2) is 6.19. The van der Waals surface area contributed by atoms with Gasteiger partial charge in [0.2, 0.25) is 5.91 Å². The first kappa shape index (κ1) is 16.2. The van der Waals surface area contributed by atoms with Crippen molar-refractivity contribution in [3.8, 4) is 6.07 Å². The lowest BCUT2D eigenvalue weighted by Crippen LogP contribution is -2.43. The normalized spacial score (nSPS) is 20.9. The van der Waals surface area contributed by atoms with E-state index in [1.54, 1.807) is 0 Å².